The average molecular weight is 150 g/mol. The summed E-state index contributed by atoms with van der Waals surface area (Å²) >= 11 is 1.35. The van der Waals surface area contributed by atoms with Crippen LogP contribution < -0.4 is 0 Å². The van der Waals surface area contributed by atoms with Crippen molar-refractivity contribution in [2.24, 2.45) is 0 Å². The Labute approximate surface area is 72.2 Å². The molecule has 0 atom stereocenters. The van der Waals surface area contributed by atoms with Crippen molar-refractivity contribution >= 4 is 16.3 Å². The molecule has 0 saturated heterocycles. The molecular formula is C9H15Al. The lowest BCUT2D eigenvalue weighted by Crippen LogP contribution is -1.82. The predicted octanol–water partition coefficient (Wildman–Crippen LogP) is 1.92. The molecule has 1 aromatic carbocycles. The van der Waals surface area contributed by atoms with Gasteiger partial charge in [0.15, 0.2) is 0 Å². The minimum Gasteiger partial charge on any atom is -0.101 e. The van der Waals surface area contributed by atoms with Crippen LogP contribution in [-0.4, -0.2) is 16.3 Å². The van der Waals surface area contributed by atoms with Crippen LogP contribution in [0, 0.1) is 0 Å². The first-order valence-electron chi connectivity index (χ1n) is 3.97. The molecule has 54 valence electrons. The van der Waals surface area contributed by atoms with Crippen LogP contribution in [0.15, 0.2) is 30.3 Å². The quantitative estimate of drug-likeness (QED) is 0.577. The van der Waals surface area contributed by atoms with Crippen LogP contribution >= 0.6 is 0 Å². The molecule has 0 aliphatic carbocycles. The zero-order valence-corrected chi connectivity index (χ0v) is 8.51. The van der Waals surface area contributed by atoms with Gasteiger partial charge in [-0.05, 0) is 12.0 Å². The number of hydrogen-bond donors (Lipinski definition) is 0. The third kappa shape index (κ3) is 2.56. The maximum Gasteiger partial charge on any atom is 0.211 e. The van der Waals surface area contributed by atoms with E-state index < -0.39 is 0 Å². The van der Waals surface area contributed by atoms with Crippen molar-refractivity contribution in [1.82, 2.24) is 0 Å². The monoisotopic (exact) mass is 150 g/mol. The molecule has 0 aromatic heterocycles. The largest absolute Gasteiger partial charge is 0.211 e. The van der Waals surface area contributed by atoms with Gasteiger partial charge in [-0.3, -0.25) is 0 Å². The fourth-order valence-corrected chi connectivity index (χ4v) is 1.38. The summed E-state index contributed by atoms with van der Waals surface area (Å²) in [5, 5.41) is 1.43. The Balaban J connectivity index is 0.000001000. The second kappa shape index (κ2) is 4.55. The molecule has 0 aliphatic rings. The Morgan fingerprint density at radius 2 is 1.90 bits per heavy atom. The van der Waals surface area contributed by atoms with E-state index in [0.29, 0.717) is 0 Å². The number of rotatable bonds is 3. The zero-order valence-electron chi connectivity index (χ0n) is 6.51. The van der Waals surface area contributed by atoms with Crippen molar-refractivity contribution in [3.63, 3.8) is 0 Å². The van der Waals surface area contributed by atoms with Gasteiger partial charge in [0.25, 0.3) is 0 Å². The number of aryl methyl sites for hydroxylation is 1. The minimum atomic E-state index is 0. The highest BCUT2D eigenvalue weighted by Crippen LogP contribution is 2.02. The van der Waals surface area contributed by atoms with E-state index >= 15 is 0 Å². The highest BCUT2D eigenvalue weighted by atomic mass is 27.0. The van der Waals surface area contributed by atoms with E-state index in [1.165, 1.54) is 40.0 Å². The molecule has 0 N–H and O–H groups in total. The Morgan fingerprint density at radius 1 is 1.20 bits per heavy atom. The van der Waals surface area contributed by atoms with Crippen LogP contribution in [-0.2, 0) is 6.42 Å². The van der Waals surface area contributed by atoms with E-state index in [-0.39, 0.29) is 1.43 Å². The fraction of sp³-hybridized carbons (Fsp3) is 0.333. The molecule has 0 unspecified atom stereocenters. The summed E-state index contributed by atoms with van der Waals surface area (Å²) in [6.07, 6.45) is 2.64. The van der Waals surface area contributed by atoms with Gasteiger partial charge in [0.1, 0.15) is 0 Å². The summed E-state index contributed by atoms with van der Waals surface area (Å²) < 4.78 is 0. The van der Waals surface area contributed by atoms with Gasteiger partial charge in [-0.25, -0.2) is 0 Å². The van der Waals surface area contributed by atoms with Crippen molar-refractivity contribution in [2.45, 2.75) is 18.1 Å². The van der Waals surface area contributed by atoms with Crippen molar-refractivity contribution in [3.8, 4) is 0 Å². The van der Waals surface area contributed by atoms with E-state index in [4.69, 9.17) is 0 Å². The van der Waals surface area contributed by atoms with E-state index in [1.54, 1.807) is 0 Å². The third-order valence-corrected chi connectivity index (χ3v) is 2.37. The Morgan fingerprint density at radius 3 is 2.50 bits per heavy atom. The highest BCUT2D eigenvalue weighted by Gasteiger charge is 1.87. The van der Waals surface area contributed by atoms with Crippen LogP contribution in [0.5, 0.6) is 0 Å². The predicted molar refractivity (Wildman–Crippen MR) is 50.2 cm³/mol. The molecule has 0 spiro atoms. The van der Waals surface area contributed by atoms with Gasteiger partial charge in [0.2, 0.25) is 16.3 Å². The summed E-state index contributed by atoms with van der Waals surface area (Å²) in [5.41, 5.74) is 1.48. The van der Waals surface area contributed by atoms with Crippen LogP contribution in [0.25, 0.3) is 0 Å². The fourth-order valence-electron chi connectivity index (χ4n) is 1.03. The standard InChI is InChI=1S/C9H11.Al.H2.2H/c1-2-6-9-7-4-3-5-8-9;;;;/h3-5,7-8H,1-2,6H2;;1H;;. The van der Waals surface area contributed by atoms with Crippen molar-refractivity contribution in [3.05, 3.63) is 35.9 Å². The molecule has 0 amide bonds. The lowest BCUT2D eigenvalue weighted by atomic mass is 10.1. The molecule has 0 fully saturated rings. The zero-order chi connectivity index (χ0) is 7.23. The Kier molecular flexibility index (Phi) is 3.57. The maximum absolute atomic E-state index is 2.21. The smallest absolute Gasteiger partial charge is 0.101 e. The van der Waals surface area contributed by atoms with Crippen LogP contribution in [0.1, 0.15) is 13.4 Å². The van der Waals surface area contributed by atoms with E-state index in [1.807, 2.05) is 0 Å². The lowest BCUT2D eigenvalue weighted by molar-refractivity contribution is 0.919. The van der Waals surface area contributed by atoms with E-state index in [2.05, 4.69) is 30.3 Å². The van der Waals surface area contributed by atoms with Crippen LogP contribution in [0.4, 0.5) is 0 Å². The Hall–Kier alpha value is -0.248. The van der Waals surface area contributed by atoms with Crippen LogP contribution in [0.2, 0.25) is 5.28 Å². The van der Waals surface area contributed by atoms with E-state index in [0.717, 1.165) is 0 Å². The number of hydrogen-bond acceptors (Lipinski definition) is 0. The topological polar surface area (TPSA) is 0 Å². The van der Waals surface area contributed by atoms with Crippen molar-refractivity contribution in [2.75, 3.05) is 0 Å². The van der Waals surface area contributed by atoms with Gasteiger partial charge in [-0.15, -0.1) is 5.28 Å². The molecule has 0 heterocycles. The lowest BCUT2D eigenvalue weighted by Gasteiger charge is -1.96. The molecular weight excluding hydrogens is 135 g/mol. The molecule has 0 nitrogen and oxygen atoms in total. The van der Waals surface area contributed by atoms with Gasteiger partial charge >= 0.3 is 0 Å². The normalized spacial score (nSPS) is 9.60. The summed E-state index contributed by atoms with van der Waals surface area (Å²) in [7, 11) is 0. The highest BCUT2D eigenvalue weighted by molar-refractivity contribution is 6.08. The molecule has 1 aromatic rings. The average Bonchev–Trinajstić information content (AvgIpc) is 2.03. The van der Waals surface area contributed by atoms with Gasteiger partial charge in [0.05, 0.1) is 0 Å². The van der Waals surface area contributed by atoms with Gasteiger partial charge in [0, 0.05) is 1.43 Å². The summed E-state index contributed by atoms with van der Waals surface area (Å²) in [6.45, 7) is 0. The second-order valence-electron chi connectivity index (χ2n) is 2.59. The maximum atomic E-state index is 2.21. The van der Waals surface area contributed by atoms with Crippen molar-refractivity contribution < 1.29 is 1.43 Å². The SMILES string of the molecule is [AlH2][CH2]CCc1ccccc1.[HH]. The minimum absolute atomic E-state index is 0. The first kappa shape index (κ1) is 7.86. The molecule has 0 saturated carbocycles. The van der Waals surface area contributed by atoms with Crippen LogP contribution in [0.3, 0.4) is 0 Å². The number of benzene rings is 1. The summed E-state index contributed by atoms with van der Waals surface area (Å²) in [5.74, 6) is 0. The van der Waals surface area contributed by atoms with Gasteiger partial charge in [-0.1, -0.05) is 36.8 Å². The van der Waals surface area contributed by atoms with Gasteiger partial charge < -0.3 is 0 Å². The Bertz CT molecular complexity index is 174. The molecule has 0 radical (unpaired) electrons. The first-order valence-corrected chi connectivity index (χ1v) is 5.39. The summed E-state index contributed by atoms with van der Waals surface area (Å²) in [6, 6.07) is 10.7. The first-order chi connectivity index (χ1) is 4.93. The molecule has 0 aliphatic heterocycles. The summed E-state index contributed by atoms with van der Waals surface area (Å²) in [4.78, 5) is 0. The van der Waals surface area contributed by atoms with Gasteiger partial charge in [-0.2, -0.15) is 0 Å². The van der Waals surface area contributed by atoms with Crippen molar-refractivity contribution in [1.29, 1.82) is 0 Å². The second-order valence-corrected chi connectivity index (χ2v) is 3.59. The third-order valence-electron chi connectivity index (χ3n) is 1.66. The molecule has 10 heavy (non-hydrogen) atoms. The molecule has 1 heteroatoms. The molecule has 1 rings (SSSR count). The molecule has 0 bridgehead atoms. The van der Waals surface area contributed by atoms with E-state index in [9.17, 15) is 0 Å².